The fourth-order valence-electron chi connectivity index (χ4n) is 0.316. The van der Waals surface area contributed by atoms with E-state index in [-0.39, 0.29) is 4.83 Å². The summed E-state index contributed by atoms with van der Waals surface area (Å²) in [7, 11) is 0. The second-order valence-electron chi connectivity index (χ2n) is 1.81. The molecule has 0 spiro atoms. The van der Waals surface area contributed by atoms with Gasteiger partial charge in [-0.15, -0.1) is 0 Å². The molecular formula is C6H10BrF. The van der Waals surface area contributed by atoms with Crippen molar-refractivity contribution in [1.82, 2.24) is 0 Å². The van der Waals surface area contributed by atoms with Crippen LogP contribution >= 0.6 is 15.9 Å². The van der Waals surface area contributed by atoms with Gasteiger partial charge in [-0.25, -0.2) is 4.39 Å². The summed E-state index contributed by atoms with van der Waals surface area (Å²) >= 11 is 3.20. The highest BCUT2D eigenvalue weighted by molar-refractivity contribution is 9.09. The maximum Gasteiger partial charge on any atom is 0.119 e. The summed E-state index contributed by atoms with van der Waals surface area (Å²) in [5, 5.41) is 0. The lowest BCUT2D eigenvalue weighted by molar-refractivity contribution is 0.407. The maximum atomic E-state index is 12.2. The molecule has 0 bridgehead atoms. The monoisotopic (exact) mass is 180 g/mol. The summed E-state index contributed by atoms with van der Waals surface area (Å²) in [6.07, 6.45) is -0.899. The first-order valence-corrected chi connectivity index (χ1v) is 3.44. The third-order valence-corrected chi connectivity index (χ3v) is 1.61. The molecule has 8 heavy (non-hydrogen) atoms. The van der Waals surface area contributed by atoms with Crippen LogP contribution in [0.5, 0.6) is 0 Å². The van der Waals surface area contributed by atoms with Crippen molar-refractivity contribution in [2.45, 2.75) is 24.8 Å². The van der Waals surface area contributed by atoms with Crippen molar-refractivity contribution in [3.63, 3.8) is 0 Å². The minimum atomic E-state index is -0.899. The summed E-state index contributed by atoms with van der Waals surface area (Å²) in [5.74, 6) is 0. The molecule has 0 aliphatic carbocycles. The Kier molecular flexibility index (Phi) is 3.29. The molecule has 0 heterocycles. The van der Waals surface area contributed by atoms with Crippen LogP contribution in [-0.4, -0.2) is 11.0 Å². The zero-order chi connectivity index (χ0) is 6.73. The predicted octanol–water partition coefficient (Wildman–Crippen LogP) is 2.68. The summed E-state index contributed by atoms with van der Waals surface area (Å²) < 4.78 is 12.2. The van der Waals surface area contributed by atoms with Gasteiger partial charge in [-0.1, -0.05) is 22.5 Å². The van der Waals surface area contributed by atoms with Gasteiger partial charge < -0.3 is 0 Å². The minimum absolute atomic E-state index is 0.0856. The molecular weight excluding hydrogens is 171 g/mol. The lowest BCUT2D eigenvalue weighted by Crippen LogP contribution is -2.05. The molecule has 48 valence electrons. The van der Waals surface area contributed by atoms with Crippen LogP contribution < -0.4 is 0 Å². The molecule has 0 saturated heterocycles. The first kappa shape index (κ1) is 8.15. The van der Waals surface area contributed by atoms with Gasteiger partial charge in [-0.05, 0) is 19.4 Å². The van der Waals surface area contributed by atoms with Crippen molar-refractivity contribution in [2.24, 2.45) is 0 Å². The van der Waals surface area contributed by atoms with E-state index in [2.05, 4.69) is 22.5 Å². The van der Waals surface area contributed by atoms with E-state index in [1.165, 1.54) is 6.92 Å². The number of hydrogen-bond donors (Lipinski definition) is 0. The highest BCUT2D eigenvalue weighted by Crippen LogP contribution is 2.14. The molecule has 0 aromatic rings. The highest BCUT2D eigenvalue weighted by Gasteiger charge is 2.07. The second-order valence-corrected chi connectivity index (χ2v) is 3.18. The summed E-state index contributed by atoms with van der Waals surface area (Å²) in [6, 6.07) is 0. The number of hydrogen-bond acceptors (Lipinski definition) is 0. The van der Waals surface area contributed by atoms with E-state index < -0.39 is 6.17 Å². The van der Waals surface area contributed by atoms with E-state index >= 15 is 0 Å². The molecule has 0 rings (SSSR count). The SMILES string of the molecule is C=C(C(C)F)C(C)Br. The van der Waals surface area contributed by atoms with Crippen LogP contribution in [0.4, 0.5) is 4.39 Å². The predicted molar refractivity (Wildman–Crippen MR) is 38.1 cm³/mol. The molecule has 0 aliphatic rings. The van der Waals surface area contributed by atoms with Crippen molar-refractivity contribution in [1.29, 1.82) is 0 Å². The Morgan fingerprint density at radius 2 is 2.00 bits per heavy atom. The largest absolute Gasteiger partial charge is 0.243 e. The van der Waals surface area contributed by atoms with Gasteiger partial charge in [0.2, 0.25) is 0 Å². The van der Waals surface area contributed by atoms with Crippen LogP contribution in [0.25, 0.3) is 0 Å². The van der Waals surface area contributed by atoms with Crippen LogP contribution in [0.3, 0.4) is 0 Å². The lowest BCUT2D eigenvalue weighted by atomic mass is 10.2. The zero-order valence-electron chi connectivity index (χ0n) is 5.12. The molecule has 2 unspecified atom stereocenters. The Balaban J connectivity index is 3.65. The van der Waals surface area contributed by atoms with Crippen molar-refractivity contribution in [2.75, 3.05) is 0 Å². The van der Waals surface area contributed by atoms with Crippen LogP contribution in [0, 0.1) is 0 Å². The molecule has 0 radical (unpaired) electrons. The fourth-order valence-corrected chi connectivity index (χ4v) is 0.681. The van der Waals surface area contributed by atoms with Gasteiger partial charge in [-0.2, -0.15) is 0 Å². The molecule has 0 amide bonds. The average Bonchev–Trinajstić information content (AvgIpc) is 1.64. The lowest BCUT2D eigenvalue weighted by Gasteiger charge is -2.06. The summed E-state index contributed by atoms with van der Waals surface area (Å²) in [4.78, 5) is 0.0856. The number of allylic oxidation sites excluding steroid dienone is 1. The van der Waals surface area contributed by atoms with Gasteiger partial charge in [0.05, 0.1) is 0 Å². The number of alkyl halides is 2. The van der Waals surface area contributed by atoms with Crippen LogP contribution in [0.15, 0.2) is 12.2 Å². The molecule has 0 aliphatic heterocycles. The van der Waals surface area contributed by atoms with E-state index in [4.69, 9.17) is 0 Å². The van der Waals surface area contributed by atoms with Crippen molar-refractivity contribution >= 4 is 15.9 Å². The van der Waals surface area contributed by atoms with E-state index in [9.17, 15) is 4.39 Å². The first-order chi connectivity index (χ1) is 3.55. The third kappa shape index (κ3) is 2.46. The van der Waals surface area contributed by atoms with E-state index in [1.807, 2.05) is 6.92 Å². The highest BCUT2D eigenvalue weighted by atomic mass is 79.9. The molecule has 0 aromatic heterocycles. The van der Waals surface area contributed by atoms with Crippen molar-refractivity contribution in [3.8, 4) is 0 Å². The second kappa shape index (κ2) is 3.23. The summed E-state index contributed by atoms with van der Waals surface area (Å²) in [6.45, 7) is 6.88. The number of halogens is 2. The molecule has 0 nitrogen and oxygen atoms in total. The average molecular weight is 181 g/mol. The Bertz CT molecular complexity index is 76.5. The molecule has 2 heteroatoms. The normalized spacial score (nSPS) is 17.5. The molecule has 0 N–H and O–H groups in total. The number of rotatable bonds is 2. The smallest absolute Gasteiger partial charge is 0.119 e. The Labute approximate surface area is 57.9 Å². The molecule has 0 saturated carbocycles. The Hall–Kier alpha value is 0.150. The van der Waals surface area contributed by atoms with Crippen LogP contribution in [0.2, 0.25) is 0 Å². The van der Waals surface area contributed by atoms with Gasteiger partial charge in [0.15, 0.2) is 0 Å². The van der Waals surface area contributed by atoms with Crippen LogP contribution in [-0.2, 0) is 0 Å². The standard InChI is InChI=1S/C6H10BrF/c1-4(5(2)7)6(3)8/h5-6H,1H2,2-3H3. The maximum absolute atomic E-state index is 12.2. The fraction of sp³-hybridized carbons (Fsp3) is 0.667. The van der Waals surface area contributed by atoms with Gasteiger partial charge in [0.25, 0.3) is 0 Å². The quantitative estimate of drug-likeness (QED) is 0.453. The third-order valence-electron chi connectivity index (χ3n) is 1.02. The Morgan fingerprint density at radius 1 is 1.62 bits per heavy atom. The van der Waals surface area contributed by atoms with Gasteiger partial charge in [0.1, 0.15) is 6.17 Å². The van der Waals surface area contributed by atoms with Gasteiger partial charge in [0, 0.05) is 4.83 Å². The minimum Gasteiger partial charge on any atom is -0.243 e. The topological polar surface area (TPSA) is 0 Å². The zero-order valence-corrected chi connectivity index (χ0v) is 6.70. The summed E-state index contributed by atoms with van der Waals surface area (Å²) in [5.41, 5.74) is 0.602. The van der Waals surface area contributed by atoms with Gasteiger partial charge in [-0.3, -0.25) is 0 Å². The molecule has 2 atom stereocenters. The van der Waals surface area contributed by atoms with Crippen molar-refractivity contribution in [3.05, 3.63) is 12.2 Å². The van der Waals surface area contributed by atoms with E-state index in [1.54, 1.807) is 0 Å². The van der Waals surface area contributed by atoms with Gasteiger partial charge >= 0.3 is 0 Å². The van der Waals surface area contributed by atoms with Crippen LogP contribution in [0.1, 0.15) is 13.8 Å². The first-order valence-electron chi connectivity index (χ1n) is 2.52. The van der Waals surface area contributed by atoms with E-state index in [0.717, 1.165) is 0 Å². The van der Waals surface area contributed by atoms with E-state index in [0.29, 0.717) is 5.57 Å². The van der Waals surface area contributed by atoms with Crippen molar-refractivity contribution < 1.29 is 4.39 Å². The Morgan fingerprint density at radius 3 is 2.00 bits per heavy atom. The molecule has 0 fully saturated rings. The molecule has 0 aromatic carbocycles.